The zero-order valence-corrected chi connectivity index (χ0v) is 9.90. The van der Waals surface area contributed by atoms with Crippen molar-refractivity contribution >= 4 is 0 Å². The highest BCUT2D eigenvalue weighted by Crippen LogP contribution is 2.03. The molecule has 0 bridgehead atoms. The van der Waals surface area contributed by atoms with Crippen LogP contribution in [0.25, 0.3) is 0 Å². The smallest absolute Gasteiger partial charge is 0.209 e. The first-order chi connectivity index (χ1) is 8.84. The van der Waals surface area contributed by atoms with Crippen LogP contribution in [0.5, 0.6) is 0 Å². The molecule has 0 aliphatic heterocycles. The summed E-state index contributed by atoms with van der Waals surface area (Å²) < 4.78 is 0. The predicted octanol–water partition coefficient (Wildman–Crippen LogP) is 3.28. The third-order valence-corrected chi connectivity index (χ3v) is 2.38. The number of rotatable bonds is 5. The van der Waals surface area contributed by atoms with Gasteiger partial charge in [0.1, 0.15) is 6.61 Å². The summed E-state index contributed by atoms with van der Waals surface area (Å²) in [4.78, 5) is 5.53. The van der Waals surface area contributed by atoms with Gasteiger partial charge in [0.05, 0.1) is 0 Å². The van der Waals surface area contributed by atoms with Crippen LogP contribution in [0.4, 0.5) is 0 Å². The molecule has 0 saturated carbocycles. The Balaban J connectivity index is 1.83. The fourth-order valence-electron chi connectivity index (χ4n) is 1.51. The first-order valence-corrected chi connectivity index (χ1v) is 5.70. The standard InChI is InChI=1S/C14H14N2O2/c17-16(11-13-7-3-1-4-8-13)15-18-12-14-9-5-2-6-10-14/h1-10H,11-12H2/b16-15+. The lowest BCUT2D eigenvalue weighted by Gasteiger charge is -2.01. The average molecular weight is 242 g/mol. The minimum absolute atomic E-state index is 0.190. The maximum Gasteiger partial charge on any atom is 0.209 e. The van der Waals surface area contributed by atoms with Crippen LogP contribution < -0.4 is 0 Å². The van der Waals surface area contributed by atoms with Gasteiger partial charge in [0.25, 0.3) is 0 Å². The van der Waals surface area contributed by atoms with Crippen molar-refractivity contribution < 1.29 is 9.70 Å². The van der Waals surface area contributed by atoms with E-state index in [1.165, 1.54) is 0 Å². The number of hydrogen-bond donors (Lipinski definition) is 0. The Morgan fingerprint density at radius 3 is 2.06 bits per heavy atom. The number of benzene rings is 2. The molecule has 4 heteroatoms. The molecule has 0 amide bonds. The molecule has 0 heterocycles. The lowest BCUT2D eigenvalue weighted by molar-refractivity contribution is -0.574. The average Bonchev–Trinajstić information content (AvgIpc) is 2.41. The normalized spacial score (nSPS) is 11.2. The van der Waals surface area contributed by atoms with E-state index in [1.807, 2.05) is 60.7 Å². The van der Waals surface area contributed by atoms with Gasteiger partial charge in [-0.15, -0.1) is 0 Å². The second-order valence-corrected chi connectivity index (χ2v) is 3.84. The Morgan fingerprint density at radius 2 is 1.44 bits per heavy atom. The van der Waals surface area contributed by atoms with E-state index in [-0.39, 0.29) is 6.54 Å². The predicted molar refractivity (Wildman–Crippen MR) is 67.4 cm³/mol. The van der Waals surface area contributed by atoms with Gasteiger partial charge in [-0.05, 0) is 5.56 Å². The van der Waals surface area contributed by atoms with E-state index in [4.69, 9.17) is 4.84 Å². The Morgan fingerprint density at radius 1 is 0.889 bits per heavy atom. The van der Waals surface area contributed by atoms with Crippen molar-refractivity contribution in [2.75, 3.05) is 0 Å². The molecule has 0 atom stereocenters. The molecule has 2 aromatic rings. The minimum Gasteiger partial charge on any atom is -0.597 e. The molecule has 0 aliphatic carbocycles. The van der Waals surface area contributed by atoms with Crippen LogP contribution in [-0.4, -0.2) is 4.86 Å². The molecule has 0 aliphatic rings. The molecule has 2 aromatic carbocycles. The fourth-order valence-corrected chi connectivity index (χ4v) is 1.51. The van der Waals surface area contributed by atoms with Crippen molar-refractivity contribution in [2.24, 2.45) is 5.28 Å². The molecule has 4 nitrogen and oxygen atoms in total. The molecular weight excluding hydrogens is 228 g/mol. The second-order valence-electron chi connectivity index (χ2n) is 3.84. The SMILES string of the molecule is [O-]/[N+](Cc1ccccc1)=N/OCc1ccccc1. The van der Waals surface area contributed by atoms with Crippen LogP contribution in [0.1, 0.15) is 11.1 Å². The van der Waals surface area contributed by atoms with E-state index in [0.29, 0.717) is 11.5 Å². The fraction of sp³-hybridized carbons (Fsp3) is 0.143. The number of hydroxylamine groups is 1. The first-order valence-electron chi connectivity index (χ1n) is 5.70. The molecule has 0 fully saturated rings. The highest BCUT2D eigenvalue weighted by Gasteiger charge is 1.99. The lowest BCUT2D eigenvalue weighted by atomic mass is 10.2. The van der Waals surface area contributed by atoms with Crippen molar-refractivity contribution in [2.45, 2.75) is 13.2 Å². The van der Waals surface area contributed by atoms with Crippen molar-refractivity contribution in [1.29, 1.82) is 0 Å². The zero-order valence-electron chi connectivity index (χ0n) is 9.90. The third kappa shape index (κ3) is 3.90. The minimum atomic E-state index is 0.190. The van der Waals surface area contributed by atoms with E-state index in [9.17, 15) is 5.21 Å². The van der Waals surface area contributed by atoms with E-state index >= 15 is 0 Å². The van der Waals surface area contributed by atoms with Crippen molar-refractivity contribution in [1.82, 2.24) is 0 Å². The quantitative estimate of drug-likeness (QED) is 0.459. The summed E-state index contributed by atoms with van der Waals surface area (Å²) in [6, 6.07) is 19.0. The molecule has 0 saturated heterocycles. The first kappa shape index (κ1) is 12.1. The van der Waals surface area contributed by atoms with Crippen LogP contribution in [0.15, 0.2) is 65.9 Å². The summed E-state index contributed by atoms with van der Waals surface area (Å²) in [6.07, 6.45) is 0. The summed E-state index contributed by atoms with van der Waals surface area (Å²) in [7, 11) is 0. The maximum absolute atomic E-state index is 11.4. The molecule has 0 aromatic heterocycles. The van der Waals surface area contributed by atoms with E-state index in [2.05, 4.69) is 5.28 Å². The third-order valence-electron chi connectivity index (χ3n) is 2.38. The monoisotopic (exact) mass is 242 g/mol. The van der Waals surface area contributed by atoms with E-state index < -0.39 is 0 Å². The van der Waals surface area contributed by atoms with Crippen LogP contribution in [-0.2, 0) is 18.0 Å². The lowest BCUT2D eigenvalue weighted by Crippen LogP contribution is -2.01. The summed E-state index contributed by atoms with van der Waals surface area (Å²) >= 11 is 0. The Hall–Kier alpha value is -2.36. The van der Waals surface area contributed by atoms with Crippen LogP contribution >= 0.6 is 0 Å². The van der Waals surface area contributed by atoms with Gasteiger partial charge in [-0.2, -0.15) is 0 Å². The summed E-state index contributed by atoms with van der Waals surface area (Å²) in [5.41, 5.74) is 1.88. The van der Waals surface area contributed by atoms with Gasteiger partial charge in [-0.25, -0.2) is 0 Å². The molecule has 92 valence electrons. The van der Waals surface area contributed by atoms with Crippen LogP contribution in [0, 0.1) is 5.21 Å². The van der Waals surface area contributed by atoms with Gasteiger partial charge in [-0.3, -0.25) is 0 Å². The van der Waals surface area contributed by atoms with Gasteiger partial charge in [0.2, 0.25) is 11.8 Å². The van der Waals surface area contributed by atoms with Crippen LogP contribution in [0.3, 0.4) is 0 Å². The molecule has 18 heavy (non-hydrogen) atoms. The molecule has 0 N–H and O–H groups in total. The van der Waals surface area contributed by atoms with Gasteiger partial charge in [-0.1, -0.05) is 65.5 Å². The Bertz CT molecular complexity index is 498. The van der Waals surface area contributed by atoms with Crippen LogP contribution in [0.2, 0.25) is 0 Å². The Kier molecular flexibility index (Phi) is 4.30. The summed E-state index contributed by atoms with van der Waals surface area (Å²) in [5.74, 6) is 0. The largest absolute Gasteiger partial charge is 0.597 e. The zero-order chi connectivity index (χ0) is 12.6. The number of hydrogen-bond acceptors (Lipinski definition) is 3. The van der Waals surface area contributed by atoms with Gasteiger partial charge >= 0.3 is 0 Å². The highest BCUT2D eigenvalue weighted by atomic mass is 16.7. The van der Waals surface area contributed by atoms with Crippen molar-refractivity contribution in [3.05, 3.63) is 77.0 Å². The topological polar surface area (TPSA) is 47.7 Å². The maximum atomic E-state index is 11.4. The molecule has 0 radical (unpaired) electrons. The van der Waals surface area contributed by atoms with Crippen molar-refractivity contribution in [3.8, 4) is 0 Å². The number of nitrogens with zero attached hydrogens (tertiary/aromatic N) is 2. The summed E-state index contributed by atoms with van der Waals surface area (Å²) in [5, 5.41) is 14.9. The second kappa shape index (κ2) is 6.39. The van der Waals surface area contributed by atoms with Gasteiger partial charge in [0.15, 0.2) is 0 Å². The molecule has 2 rings (SSSR count). The van der Waals surface area contributed by atoms with Gasteiger partial charge in [0, 0.05) is 5.56 Å². The van der Waals surface area contributed by atoms with Gasteiger partial charge < -0.3 is 10.0 Å². The molecular formula is C14H14N2O2. The highest BCUT2D eigenvalue weighted by molar-refractivity contribution is 5.13. The summed E-state index contributed by atoms with van der Waals surface area (Å²) in [6.45, 7) is 0.490. The Labute approximate surface area is 106 Å². The van der Waals surface area contributed by atoms with E-state index in [0.717, 1.165) is 11.1 Å². The molecule has 0 unspecified atom stereocenters. The molecule has 0 spiro atoms. The van der Waals surface area contributed by atoms with Crippen molar-refractivity contribution in [3.63, 3.8) is 0 Å². The van der Waals surface area contributed by atoms with E-state index in [1.54, 1.807) is 0 Å².